The van der Waals surface area contributed by atoms with E-state index in [2.05, 4.69) is 12.1 Å². The van der Waals surface area contributed by atoms with Gasteiger partial charge in [0.2, 0.25) is 0 Å². The van der Waals surface area contributed by atoms with Crippen LogP contribution in [-0.4, -0.2) is 25.7 Å². The smallest absolute Gasteiger partial charge is 0.195 e. The average Bonchev–Trinajstić information content (AvgIpc) is 2.83. The fourth-order valence-corrected chi connectivity index (χ4v) is 2.99. The zero-order valence-corrected chi connectivity index (χ0v) is 11.2. The molecule has 2 unspecified atom stereocenters. The molecule has 0 aromatic heterocycles. The van der Waals surface area contributed by atoms with Crippen LogP contribution in [0.25, 0.3) is 0 Å². The highest BCUT2D eigenvalue weighted by molar-refractivity contribution is 6.18. The van der Waals surface area contributed by atoms with Crippen LogP contribution in [0.2, 0.25) is 0 Å². The van der Waals surface area contributed by atoms with Gasteiger partial charge in [0, 0.05) is 12.0 Å². The molecular formula is C14H17ClO3. The molecule has 0 amide bonds. The Morgan fingerprint density at radius 1 is 1.50 bits per heavy atom. The van der Waals surface area contributed by atoms with Gasteiger partial charge in [0.25, 0.3) is 0 Å². The molecule has 1 saturated heterocycles. The van der Waals surface area contributed by atoms with Crippen molar-refractivity contribution in [3.63, 3.8) is 0 Å². The first-order valence-corrected chi connectivity index (χ1v) is 6.86. The minimum absolute atomic E-state index is 0.000261. The number of alkyl halides is 1. The Bertz CT molecular complexity index is 449. The van der Waals surface area contributed by atoms with Gasteiger partial charge in [-0.15, -0.1) is 11.6 Å². The number of hydrogen-bond acceptors (Lipinski definition) is 3. The lowest BCUT2D eigenvalue weighted by Gasteiger charge is -2.34. The molecule has 0 radical (unpaired) electrons. The Morgan fingerprint density at radius 2 is 2.39 bits per heavy atom. The normalized spacial score (nSPS) is 30.4. The van der Waals surface area contributed by atoms with Gasteiger partial charge in [0.15, 0.2) is 5.79 Å². The van der Waals surface area contributed by atoms with E-state index in [0.717, 1.165) is 30.6 Å². The fourth-order valence-electron chi connectivity index (χ4n) is 2.83. The number of benzene rings is 1. The minimum Gasteiger partial charge on any atom is -0.497 e. The van der Waals surface area contributed by atoms with E-state index in [-0.39, 0.29) is 6.10 Å². The van der Waals surface area contributed by atoms with Crippen molar-refractivity contribution in [3.05, 3.63) is 29.3 Å². The molecule has 98 valence electrons. The molecule has 2 aliphatic rings. The molecule has 18 heavy (non-hydrogen) atoms. The summed E-state index contributed by atoms with van der Waals surface area (Å²) in [7, 11) is 1.69. The molecule has 1 aromatic rings. The third-order valence-corrected chi connectivity index (χ3v) is 4.05. The van der Waals surface area contributed by atoms with E-state index in [9.17, 15) is 0 Å². The lowest BCUT2D eigenvalue weighted by atomic mass is 9.86. The number of rotatable bonds is 2. The van der Waals surface area contributed by atoms with E-state index < -0.39 is 5.79 Å². The van der Waals surface area contributed by atoms with E-state index in [1.165, 1.54) is 5.56 Å². The second-order valence-corrected chi connectivity index (χ2v) is 5.14. The molecule has 1 fully saturated rings. The van der Waals surface area contributed by atoms with Gasteiger partial charge >= 0.3 is 0 Å². The molecule has 1 spiro atoms. The quantitative estimate of drug-likeness (QED) is 0.772. The van der Waals surface area contributed by atoms with Crippen LogP contribution in [-0.2, 0) is 21.7 Å². The third-order valence-electron chi connectivity index (χ3n) is 3.71. The summed E-state index contributed by atoms with van der Waals surface area (Å²) in [6.45, 7) is 0.578. The van der Waals surface area contributed by atoms with Crippen molar-refractivity contribution in [2.45, 2.75) is 31.2 Å². The zero-order chi connectivity index (χ0) is 12.6. The number of aryl methyl sites for hydroxylation is 1. The van der Waals surface area contributed by atoms with Gasteiger partial charge in [-0.3, -0.25) is 0 Å². The van der Waals surface area contributed by atoms with E-state index in [0.29, 0.717) is 12.5 Å². The third kappa shape index (κ3) is 1.91. The lowest BCUT2D eigenvalue weighted by Crippen LogP contribution is -2.32. The molecule has 1 heterocycles. The maximum Gasteiger partial charge on any atom is 0.195 e. The van der Waals surface area contributed by atoms with Crippen molar-refractivity contribution in [3.8, 4) is 5.75 Å². The summed E-state index contributed by atoms with van der Waals surface area (Å²) in [5.74, 6) is 0.796. The molecule has 0 saturated carbocycles. The molecular weight excluding hydrogens is 252 g/mol. The Balaban J connectivity index is 1.97. The monoisotopic (exact) mass is 268 g/mol. The number of ether oxygens (including phenoxy) is 3. The fraction of sp³-hybridized carbons (Fsp3) is 0.571. The van der Waals surface area contributed by atoms with Crippen molar-refractivity contribution in [2.24, 2.45) is 0 Å². The minimum atomic E-state index is -0.570. The number of halogens is 1. The molecule has 0 N–H and O–H groups in total. The predicted octanol–water partition coefficient (Wildman–Crippen LogP) is 2.84. The first-order chi connectivity index (χ1) is 8.77. The van der Waals surface area contributed by atoms with E-state index in [1.54, 1.807) is 7.11 Å². The molecule has 4 heteroatoms. The Morgan fingerprint density at radius 3 is 3.11 bits per heavy atom. The van der Waals surface area contributed by atoms with E-state index in [1.807, 2.05) is 6.07 Å². The lowest BCUT2D eigenvalue weighted by molar-refractivity contribution is -0.184. The van der Waals surface area contributed by atoms with Gasteiger partial charge in [-0.1, -0.05) is 0 Å². The number of fused-ring (bicyclic) bond motifs is 2. The van der Waals surface area contributed by atoms with Crippen LogP contribution in [0.3, 0.4) is 0 Å². The summed E-state index contributed by atoms with van der Waals surface area (Å²) in [4.78, 5) is 0. The largest absolute Gasteiger partial charge is 0.497 e. The molecule has 1 aliphatic heterocycles. The van der Waals surface area contributed by atoms with Crippen molar-refractivity contribution < 1.29 is 14.2 Å². The molecule has 2 atom stereocenters. The maximum absolute atomic E-state index is 6.04. The number of hydrogen-bond donors (Lipinski definition) is 0. The summed E-state index contributed by atoms with van der Waals surface area (Å²) in [5.41, 5.74) is 2.40. The molecule has 3 nitrogen and oxygen atoms in total. The summed E-state index contributed by atoms with van der Waals surface area (Å²) in [6, 6.07) is 6.10. The molecule has 0 bridgehead atoms. The Labute approximate surface area is 112 Å². The van der Waals surface area contributed by atoms with Crippen LogP contribution in [0.15, 0.2) is 18.2 Å². The average molecular weight is 269 g/mol. The summed E-state index contributed by atoms with van der Waals surface area (Å²) >= 11 is 5.86. The van der Waals surface area contributed by atoms with Gasteiger partial charge in [-0.2, -0.15) is 0 Å². The summed E-state index contributed by atoms with van der Waals surface area (Å²) in [5, 5.41) is 0. The van der Waals surface area contributed by atoms with Gasteiger partial charge in [0.05, 0.1) is 25.7 Å². The van der Waals surface area contributed by atoms with Crippen LogP contribution < -0.4 is 4.74 Å². The van der Waals surface area contributed by atoms with Crippen molar-refractivity contribution in [1.29, 1.82) is 0 Å². The summed E-state index contributed by atoms with van der Waals surface area (Å²) in [6.07, 6.45) is 3.02. The zero-order valence-electron chi connectivity index (χ0n) is 10.4. The van der Waals surface area contributed by atoms with Crippen LogP contribution >= 0.6 is 11.6 Å². The second kappa shape index (κ2) is 4.72. The van der Waals surface area contributed by atoms with Crippen molar-refractivity contribution >= 4 is 11.6 Å². The highest BCUT2D eigenvalue weighted by Gasteiger charge is 2.45. The molecule has 1 aromatic carbocycles. The highest BCUT2D eigenvalue weighted by Crippen LogP contribution is 2.44. The van der Waals surface area contributed by atoms with Gasteiger partial charge in [0.1, 0.15) is 5.75 Å². The van der Waals surface area contributed by atoms with Crippen LogP contribution in [0, 0.1) is 0 Å². The van der Waals surface area contributed by atoms with Gasteiger partial charge in [-0.05, 0) is 36.6 Å². The maximum atomic E-state index is 6.04. The topological polar surface area (TPSA) is 27.7 Å². The van der Waals surface area contributed by atoms with E-state index >= 15 is 0 Å². The predicted molar refractivity (Wildman–Crippen MR) is 69.2 cm³/mol. The second-order valence-electron chi connectivity index (χ2n) is 4.83. The first kappa shape index (κ1) is 12.3. The van der Waals surface area contributed by atoms with Crippen molar-refractivity contribution in [1.82, 2.24) is 0 Å². The summed E-state index contributed by atoms with van der Waals surface area (Å²) < 4.78 is 17.3. The van der Waals surface area contributed by atoms with Crippen LogP contribution in [0.1, 0.15) is 24.0 Å². The Kier molecular flexibility index (Phi) is 3.22. The Hall–Kier alpha value is -0.770. The van der Waals surface area contributed by atoms with Crippen molar-refractivity contribution in [2.75, 3.05) is 19.6 Å². The molecule has 3 rings (SSSR count). The molecule has 1 aliphatic carbocycles. The van der Waals surface area contributed by atoms with Gasteiger partial charge in [-0.25, -0.2) is 0 Å². The highest BCUT2D eigenvalue weighted by atomic mass is 35.5. The SMILES string of the molecule is COc1ccc2c(c1)CCCC21OCC(CCl)O1. The first-order valence-electron chi connectivity index (χ1n) is 6.32. The van der Waals surface area contributed by atoms with E-state index in [4.69, 9.17) is 25.8 Å². The van der Waals surface area contributed by atoms with Crippen LogP contribution in [0.4, 0.5) is 0 Å². The standard InChI is InChI=1S/C14H17ClO3/c1-16-11-4-5-13-10(7-11)3-2-6-14(13)17-9-12(8-15)18-14/h4-5,7,12H,2-3,6,8-9H2,1H3. The van der Waals surface area contributed by atoms with Gasteiger partial charge < -0.3 is 14.2 Å². The van der Waals surface area contributed by atoms with Crippen LogP contribution in [0.5, 0.6) is 5.75 Å². The number of methoxy groups -OCH3 is 1.